The van der Waals surface area contributed by atoms with E-state index >= 15 is 0 Å². The molecule has 2 rings (SSSR count). The van der Waals surface area contributed by atoms with E-state index in [2.05, 4.69) is 10.2 Å². The number of aromatic nitrogens is 2. The molecule has 0 spiro atoms. The normalized spacial score (nSPS) is 10.2. The molecule has 0 atom stereocenters. The topological polar surface area (TPSA) is 77.4 Å². The summed E-state index contributed by atoms with van der Waals surface area (Å²) in [5.74, 6) is 1.06. The molecule has 1 aromatic carbocycles. The molecule has 0 aliphatic carbocycles. The average molecular weight is 236 g/mol. The summed E-state index contributed by atoms with van der Waals surface area (Å²) in [7, 11) is 3.14. The molecule has 0 radical (unpaired) electrons. The molecule has 1 aromatic heterocycles. The average Bonchev–Trinajstić information content (AvgIpc) is 2.74. The molecule has 90 valence electrons. The molecule has 6 heteroatoms. The minimum absolute atomic E-state index is 0.335. The lowest BCUT2D eigenvalue weighted by Gasteiger charge is -2.08. The van der Waals surface area contributed by atoms with E-state index in [1.54, 1.807) is 20.3 Å². The van der Waals surface area contributed by atoms with E-state index in [0.717, 1.165) is 5.56 Å². The van der Waals surface area contributed by atoms with E-state index in [0.29, 0.717) is 23.8 Å². The Labute approximate surface area is 97.2 Å². The number of nitrogens with one attached hydrogen (secondary N) is 1. The van der Waals surface area contributed by atoms with Crippen LogP contribution in [0.3, 0.4) is 0 Å². The first kappa shape index (κ1) is 11.3. The summed E-state index contributed by atoms with van der Waals surface area (Å²) in [6.45, 7) is 0. The zero-order valence-corrected chi connectivity index (χ0v) is 9.52. The van der Waals surface area contributed by atoms with Gasteiger partial charge in [0.15, 0.2) is 11.5 Å². The van der Waals surface area contributed by atoms with E-state index in [4.69, 9.17) is 13.9 Å². The number of hydrogen-bond acceptors (Lipinski definition) is 5. The minimum atomic E-state index is -0.555. The molecule has 6 nitrogen and oxygen atoms in total. The standard InChI is InChI=1S/C11H12N2O4/c1-15-8-4-3-7(5-9(8)16-2)6-10-12-13-11(14)17-10/h3-5H,6H2,1-2H3,(H,13,14). The van der Waals surface area contributed by atoms with Crippen molar-refractivity contribution in [3.8, 4) is 11.5 Å². The second-order valence-corrected chi connectivity index (χ2v) is 3.37. The maximum absolute atomic E-state index is 10.8. The van der Waals surface area contributed by atoms with Crippen molar-refractivity contribution in [3.05, 3.63) is 40.2 Å². The SMILES string of the molecule is COc1ccc(Cc2n[nH]c(=O)o2)cc1OC. The molecule has 0 aliphatic rings. The Balaban J connectivity index is 2.25. The summed E-state index contributed by atoms with van der Waals surface area (Å²) >= 11 is 0. The van der Waals surface area contributed by atoms with Crippen LogP contribution in [0.4, 0.5) is 0 Å². The van der Waals surface area contributed by atoms with Gasteiger partial charge in [-0.15, -0.1) is 5.10 Å². The number of methoxy groups -OCH3 is 2. The van der Waals surface area contributed by atoms with Crippen molar-refractivity contribution in [3.63, 3.8) is 0 Å². The van der Waals surface area contributed by atoms with Crippen LogP contribution in [0.1, 0.15) is 11.5 Å². The molecule has 17 heavy (non-hydrogen) atoms. The molecule has 0 saturated carbocycles. The van der Waals surface area contributed by atoms with Crippen molar-refractivity contribution in [1.29, 1.82) is 0 Å². The molecule has 0 amide bonds. The third-order valence-electron chi connectivity index (χ3n) is 2.29. The number of hydrogen-bond donors (Lipinski definition) is 1. The van der Waals surface area contributed by atoms with Crippen molar-refractivity contribution >= 4 is 0 Å². The van der Waals surface area contributed by atoms with Crippen molar-refractivity contribution in [2.24, 2.45) is 0 Å². The minimum Gasteiger partial charge on any atom is -0.493 e. The first-order chi connectivity index (χ1) is 8.22. The van der Waals surface area contributed by atoms with Gasteiger partial charge in [-0.3, -0.25) is 0 Å². The van der Waals surface area contributed by atoms with Gasteiger partial charge in [-0.25, -0.2) is 9.89 Å². The maximum atomic E-state index is 10.8. The monoisotopic (exact) mass is 236 g/mol. The molecule has 0 fully saturated rings. The van der Waals surface area contributed by atoms with Crippen molar-refractivity contribution in [1.82, 2.24) is 10.2 Å². The summed E-state index contributed by atoms with van der Waals surface area (Å²) in [5, 5.41) is 5.94. The Kier molecular flexibility index (Phi) is 3.13. The summed E-state index contributed by atoms with van der Waals surface area (Å²) in [6, 6.07) is 5.46. The van der Waals surface area contributed by atoms with Crippen LogP contribution in [0.15, 0.2) is 27.4 Å². The second-order valence-electron chi connectivity index (χ2n) is 3.37. The van der Waals surface area contributed by atoms with Crippen LogP contribution < -0.4 is 15.2 Å². The van der Waals surface area contributed by atoms with E-state index in [1.807, 2.05) is 12.1 Å². The number of rotatable bonds is 4. The molecular weight excluding hydrogens is 224 g/mol. The van der Waals surface area contributed by atoms with Gasteiger partial charge in [-0.05, 0) is 17.7 Å². The Bertz CT molecular complexity index is 559. The van der Waals surface area contributed by atoms with Crippen LogP contribution in [0.5, 0.6) is 11.5 Å². The Morgan fingerprint density at radius 3 is 2.65 bits per heavy atom. The summed E-state index contributed by atoms with van der Waals surface area (Å²) in [6.07, 6.45) is 0.416. The summed E-state index contributed by atoms with van der Waals surface area (Å²) in [5.41, 5.74) is 0.915. The smallest absolute Gasteiger partial charge is 0.434 e. The predicted molar refractivity (Wildman–Crippen MR) is 59.5 cm³/mol. The Morgan fingerprint density at radius 2 is 2.06 bits per heavy atom. The summed E-state index contributed by atoms with van der Waals surface area (Å²) in [4.78, 5) is 10.8. The van der Waals surface area contributed by atoms with Crippen molar-refractivity contribution in [2.75, 3.05) is 14.2 Å². The number of benzene rings is 1. The number of aromatic amines is 1. The highest BCUT2D eigenvalue weighted by molar-refractivity contribution is 5.43. The zero-order valence-electron chi connectivity index (χ0n) is 9.52. The first-order valence-corrected chi connectivity index (χ1v) is 4.98. The lowest BCUT2D eigenvalue weighted by atomic mass is 10.1. The number of ether oxygens (including phenoxy) is 2. The van der Waals surface area contributed by atoms with Crippen LogP contribution in [-0.4, -0.2) is 24.4 Å². The van der Waals surface area contributed by atoms with E-state index < -0.39 is 5.76 Å². The van der Waals surface area contributed by atoms with Gasteiger partial charge in [0.25, 0.3) is 0 Å². The first-order valence-electron chi connectivity index (χ1n) is 4.98. The summed E-state index contributed by atoms with van der Waals surface area (Å²) < 4.78 is 15.1. The van der Waals surface area contributed by atoms with E-state index in [1.165, 1.54) is 0 Å². The molecule has 0 aliphatic heterocycles. The van der Waals surface area contributed by atoms with E-state index in [9.17, 15) is 4.79 Å². The van der Waals surface area contributed by atoms with Gasteiger partial charge in [0.1, 0.15) is 0 Å². The lowest BCUT2D eigenvalue weighted by molar-refractivity contribution is 0.354. The maximum Gasteiger partial charge on any atom is 0.434 e. The van der Waals surface area contributed by atoms with Crippen molar-refractivity contribution < 1.29 is 13.9 Å². The van der Waals surface area contributed by atoms with Gasteiger partial charge >= 0.3 is 5.76 Å². The molecule has 1 heterocycles. The van der Waals surface area contributed by atoms with Crippen molar-refractivity contribution in [2.45, 2.75) is 6.42 Å². The molecule has 0 unspecified atom stereocenters. The third-order valence-corrected chi connectivity index (χ3v) is 2.29. The fourth-order valence-corrected chi connectivity index (χ4v) is 1.50. The highest BCUT2D eigenvalue weighted by Gasteiger charge is 2.07. The van der Waals surface area contributed by atoms with Crippen LogP contribution in [0.25, 0.3) is 0 Å². The van der Waals surface area contributed by atoms with Crippen LogP contribution in [0, 0.1) is 0 Å². The van der Waals surface area contributed by atoms with Gasteiger partial charge < -0.3 is 13.9 Å². The highest BCUT2D eigenvalue weighted by Crippen LogP contribution is 2.28. The van der Waals surface area contributed by atoms with Gasteiger partial charge in [-0.1, -0.05) is 6.07 Å². The van der Waals surface area contributed by atoms with Gasteiger partial charge in [0, 0.05) is 0 Å². The molecular formula is C11H12N2O4. The Hall–Kier alpha value is -2.24. The van der Waals surface area contributed by atoms with E-state index in [-0.39, 0.29) is 0 Å². The van der Waals surface area contributed by atoms with Gasteiger partial charge in [-0.2, -0.15) is 0 Å². The molecule has 0 bridgehead atoms. The predicted octanol–water partition coefficient (Wildman–Crippen LogP) is 0.971. The number of nitrogens with zero attached hydrogens (tertiary/aromatic N) is 1. The largest absolute Gasteiger partial charge is 0.493 e. The quantitative estimate of drug-likeness (QED) is 0.855. The number of H-pyrrole nitrogens is 1. The van der Waals surface area contributed by atoms with Crippen LogP contribution in [0.2, 0.25) is 0 Å². The fraction of sp³-hybridized carbons (Fsp3) is 0.273. The molecule has 1 N–H and O–H groups in total. The third kappa shape index (κ3) is 2.47. The second kappa shape index (κ2) is 4.73. The van der Waals surface area contributed by atoms with Crippen LogP contribution >= 0.6 is 0 Å². The fourth-order valence-electron chi connectivity index (χ4n) is 1.50. The molecule has 0 saturated heterocycles. The Morgan fingerprint density at radius 1 is 1.29 bits per heavy atom. The van der Waals surface area contributed by atoms with Gasteiger partial charge in [0.2, 0.25) is 5.89 Å². The van der Waals surface area contributed by atoms with Crippen LogP contribution in [-0.2, 0) is 6.42 Å². The molecule has 2 aromatic rings. The highest BCUT2D eigenvalue weighted by atomic mass is 16.5. The zero-order chi connectivity index (χ0) is 12.3. The lowest BCUT2D eigenvalue weighted by Crippen LogP contribution is -1.94. The van der Waals surface area contributed by atoms with Gasteiger partial charge in [0.05, 0.1) is 20.6 Å².